The molecular weight excluding hydrogens is 484 g/mol. The number of hydrogen-bond donors (Lipinski definition) is 2. The maximum atomic E-state index is 3.78. The van der Waals surface area contributed by atoms with Crippen LogP contribution >= 0.6 is 0 Å². The number of hydrogen-bond acceptors (Lipinski definition) is 2. The first-order valence-electron chi connectivity index (χ1n) is 13.6. The molecule has 0 fully saturated rings. The molecule has 0 saturated heterocycles. The van der Waals surface area contributed by atoms with E-state index in [0.29, 0.717) is 0 Å². The van der Waals surface area contributed by atoms with E-state index in [4.69, 9.17) is 0 Å². The highest BCUT2D eigenvalue weighted by molar-refractivity contribution is 6.08. The summed E-state index contributed by atoms with van der Waals surface area (Å²) in [5.41, 5.74) is 9.04. The van der Waals surface area contributed by atoms with Crippen LogP contribution in [0.3, 0.4) is 0 Å². The third-order valence-electron chi connectivity index (χ3n) is 7.44. The van der Waals surface area contributed by atoms with Crippen LogP contribution in [0.4, 0.5) is 22.7 Å². The van der Waals surface area contributed by atoms with Gasteiger partial charge in [0.2, 0.25) is 0 Å². The van der Waals surface area contributed by atoms with Gasteiger partial charge in [0.15, 0.2) is 0 Å². The minimum absolute atomic E-state index is 1.02. The van der Waals surface area contributed by atoms with E-state index in [1.165, 1.54) is 43.8 Å². The zero-order valence-electron chi connectivity index (χ0n) is 22.0. The molecule has 2 heteroatoms. The number of para-hydroxylation sites is 2. The van der Waals surface area contributed by atoms with Crippen LogP contribution in [-0.2, 0) is 0 Å². The van der Waals surface area contributed by atoms with E-state index in [-0.39, 0.29) is 0 Å². The monoisotopic (exact) mass is 512 g/mol. The Labute approximate surface area is 234 Å². The van der Waals surface area contributed by atoms with Crippen molar-refractivity contribution >= 4 is 44.3 Å². The Balaban J connectivity index is 1.32. The van der Waals surface area contributed by atoms with E-state index >= 15 is 0 Å². The molecule has 7 rings (SSSR count). The lowest BCUT2D eigenvalue weighted by Gasteiger charge is -2.19. The van der Waals surface area contributed by atoms with Crippen molar-refractivity contribution in [2.24, 2.45) is 0 Å². The van der Waals surface area contributed by atoms with Crippen molar-refractivity contribution in [3.05, 3.63) is 158 Å². The number of nitrogens with one attached hydrogen (secondary N) is 2. The number of benzene rings is 7. The first-order chi connectivity index (χ1) is 19.8. The van der Waals surface area contributed by atoms with E-state index < -0.39 is 0 Å². The molecule has 0 unspecified atom stereocenters. The molecule has 2 N–H and O–H groups in total. The molecule has 0 aromatic heterocycles. The van der Waals surface area contributed by atoms with Crippen LogP contribution in [0.25, 0.3) is 43.8 Å². The zero-order chi connectivity index (χ0) is 26.7. The molecule has 7 aromatic carbocycles. The van der Waals surface area contributed by atoms with Crippen LogP contribution in [-0.4, -0.2) is 0 Å². The van der Waals surface area contributed by atoms with E-state index in [2.05, 4.69) is 168 Å². The molecule has 0 amide bonds. The van der Waals surface area contributed by atoms with Crippen molar-refractivity contribution in [3.63, 3.8) is 0 Å². The number of anilines is 4. The lowest BCUT2D eigenvalue weighted by molar-refractivity contribution is 1.52. The van der Waals surface area contributed by atoms with Gasteiger partial charge in [-0.15, -0.1) is 0 Å². The molecule has 0 radical (unpaired) electrons. The van der Waals surface area contributed by atoms with Gasteiger partial charge < -0.3 is 10.6 Å². The standard InChI is InChI=1S/C38H28N2/c1-3-13-27(14-4-1)31-21-9-17-29-19-11-25-35(37(29)31)39-33-23-7-8-24-34(33)40-36-26-12-20-30-18-10-22-32(38(30)36)28-15-5-2-6-16-28/h1-26,39-40H. The first-order valence-corrected chi connectivity index (χ1v) is 13.6. The number of rotatable bonds is 6. The fourth-order valence-electron chi connectivity index (χ4n) is 5.60. The predicted molar refractivity (Wildman–Crippen MR) is 172 cm³/mol. The fourth-order valence-corrected chi connectivity index (χ4v) is 5.60. The van der Waals surface area contributed by atoms with Crippen molar-refractivity contribution in [3.8, 4) is 22.3 Å². The summed E-state index contributed by atoms with van der Waals surface area (Å²) in [4.78, 5) is 0. The molecule has 0 bridgehead atoms. The largest absolute Gasteiger partial charge is 0.353 e. The Morgan fingerprint density at radius 1 is 0.275 bits per heavy atom. The molecule has 40 heavy (non-hydrogen) atoms. The van der Waals surface area contributed by atoms with Crippen molar-refractivity contribution in [2.75, 3.05) is 10.6 Å². The average molecular weight is 513 g/mol. The summed E-state index contributed by atoms with van der Waals surface area (Å²) in [6, 6.07) is 55.6. The predicted octanol–water partition coefficient (Wildman–Crippen LogP) is 10.8. The third-order valence-corrected chi connectivity index (χ3v) is 7.44. The first kappa shape index (κ1) is 23.8. The minimum atomic E-state index is 1.02. The summed E-state index contributed by atoms with van der Waals surface area (Å²) >= 11 is 0. The molecule has 0 aliphatic rings. The highest BCUT2D eigenvalue weighted by Crippen LogP contribution is 2.39. The lowest BCUT2D eigenvalue weighted by Crippen LogP contribution is -1.99. The normalized spacial score (nSPS) is 11.0. The molecule has 7 aromatic rings. The summed E-state index contributed by atoms with van der Waals surface area (Å²) in [7, 11) is 0. The molecule has 2 nitrogen and oxygen atoms in total. The minimum Gasteiger partial charge on any atom is -0.353 e. The average Bonchev–Trinajstić information content (AvgIpc) is 3.02. The van der Waals surface area contributed by atoms with E-state index in [0.717, 1.165) is 22.7 Å². The van der Waals surface area contributed by atoms with Crippen molar-refractivity contribution in [1.29, 1.82) is 0 Å². The molecule has 0 aliphatic carbocycles. The topological polar surface area (TPSA) is 24.1 Å². The van der Waals surface area contributed by atoms with Gasteiger partial charge in [-0.1, -0.05) is 133 Å². The second-order valence-electron chi connectivity index (χ2n) is 9.95. The van der Waals surface area contributed by atoms with Gasteiger partial charge in [-0.2, -0.15) is 0 Å². The van der Waals surface area contributed by atoms with E-state index in [1.807, 2.05) is 0 Å². The Morgan fingerprint density at radius 3 is 1.05 bits per heavy atom. The Morgan fingerprint density at radius 2 is 0.625 bits per heavy atom. The van der Waals surface area contributed by atoms with Crippen LogP contribution in [0.1, 0.15) is 0 Å². The summed E-state index contributed by atoms with van der Waals surface area (Å²) in [6.45, 7) is 0. The van der Waals surface area contributed by atoms with Gasteiger partial charge in [-0.3, -0.25) is 0 Å². The van der Waals surface area contributed by atoms with Crippen LogP contribution in [0.2, 0.25) is 0 Å². The molecular formula is C38H28N2. The van der Waals surface area contributed by atoms with Crippen LogP contribution in [0, 0.1) is 0 Å². The zero-order valence-corrected chi connectivity index (χ0v) is 22.0. The van der Waals surface area contributed by atoms with Gasteiger partial charge in [-0.25, -0.2) is 0 Å². The Hall–Kier alpha value is -5.34. The quantitative estimate of drug-likeness (QED) is 0.231. The highest BCUT2D eigenvalue weighted by Gasteiger charge is 2.13. The van der Waals surface area contributed by atoms with E-state index in [9.17, 15) is 0 Å². The van der Waals surface area contributed by atoms with Crippen LogP contribution in [0.5, 0.6) is 0 Å². The molecule has 0 saturated carbocycles. The smallest absolute Gasteiger partial charge is 0.0623 e. The van der Waals surface area contributed by atoms with Crippen LogP contribution in [0.15, 0.2) is 158 Å². The summed E-state index contributed by atoms with van der Waals surface area (Å²) < 4.78 is 0. The van der Waals surface area contributed by atoms with Crippen molar-refractivity contribution in [1.82, 2.24) is 0 Å². The van der Waals surface area contributed by atoms with Crippen LogP contribution < -0.4 is 10.6 Å². The molecule has 0 heterocycles. The fraction of sp³-hybridized carbons (Fsp3) is 0. The summed E-state index contributed by atoms with van der Waals surface area (Å²) in [5, 5.41) is 12.4. The Bertz CT molecular complexity index is 1790. The van der Waals surface area contributed by atoms with Gasteiger partial charge in [0.05, 0.1) is 11.4 Å². The molecule has 190 valence electrons. The Kier molecular flexibility index (Phi) is 6.20. The van der Waals surface area contributed by atoms with Gasteiger partial charge >= 0.3 is 0 Å². The third kappa shape index (κ3) is 4.46. The summed E-state index contributed by atoms with van der Waals surface area (Å²) in [6.07, 6.45) is 0. The van der Waals surface area contributed by atoms with Gasteiger partial charge in [0, 0.05) is 22.1 Å². The maximum Gasteiger partial charge on any atom is 0.0623 e. The number of fused-ring (bicyclic) bond motifs is 2. The van der Waals surface area contributed by atoms with E-state index in [1.54, 1.807) is 0 Å². The van der Waals surface area contributed by atoms with Gasteiger partial charge in [0.1, 0.15) is 0 Å². The summed E-state index contributed by atoms with van der Waals surface area (Å²) in [5.74, 6) is 0. The lowest BCUT2D eigenvalue weighted by atomic mass is 9.96. The molecule has 0 spiro atoms. The molecule has 0 aliphatic heterocycles. The maximum absolute atomic E-state index is 3.78. The van der Waals surface area contributed by atoms with Crippen molar-refractivity contribution in [2.45, 2.75) is 0 Å². The highest BCUT2D eigenvalue weighted by atomic mass is 15.0. The van der Waals surface area contributed by atoms with Gasteiger partial charge in [0.25, 0.3) is 0 Å². The second-order valence-corrected chi connectivity index (χ2v) is 9.95. The SMILES string of the molecule is c1ccc(-c2cccc3cccc(Nc4ccccc4Nc4cccc5cccc(-c6ccccc6)c45)c23)cc1. The van der Waals surface area contributed by atoms with Crippen molar-refractivity contribution < 1.29 is 0 Å². The molecule has 0 atom stereocenters. The second kappa shape index (κ2) is 10.4. The van der Waals surface area contributed by atoms with Gasteiger partial charge in [-0.05, 0) is 57.3 Å².